The highest BCUT2D eigenvalue weighted by Crippen LogP contribution is 2.28. The summed E-state index contributed by atoms with van der Waals surface area (Å²) in [5.41, 5.74) is 4.55. The molecule has 0 aliphatic heterocycles. The minimum atomic E-state index is -3.88. The van der Waals surface area contributed by atoms with Gasteiger partial charge in [0.2, 0.25) is 0 Å². The first-order valence-electron chi connectivity index (χ1n) is 11.2. The molecule has 0 aliphatic carbocycles. The molecule has 0 spiro atoms. The van der Waals surface area contributed by atoms with Crippen LogP contribution in [0, 0.1) is 5.82 Å². The molecule has 0 bridgehead atoms. The van der Waals surface area contributed by atoms with Gasteiger partial charge in [0.05, 0.1) is 10.6 Å². The first kappa shape index (κ1) is 24.4. The van der Waals surface area contributed by atoms with Crippen molar-refractivity contribution in [3.05, 3.63) is 120 Å². The molecule has 6 nitrogen and oxygen atoms in total. The lowest BCUT2D eigenvalue weighted by atomic mass is 10.0. The lowest BCUT2D eigenvalue weighted by Gasteiger charge is -2.09. The van der Waals surface area contributed by atoms with Gasteiger partial charge in [-0.15, -0.1) is 11.3 Å². The third-order valence-corrected chi connectivity index (χ3v) is 7.69. The van der Waals surface area contributed by atoms with Crippen LogP contribution in [0.4, 0.5) is 15.2 Å². The molecule has 1 heterocycles. The molecule has 4 aromatic carbocycles. The summed E-state index contributed by atoms with van der Waals surface area (Å²) in [6.07, 6.45) is 0. The predicted molar refractivity (Wildman–Crippen MR) is 145 cm³/mol. The standard InChI is InChI=1S/C28H20FN3O3S2/c29-23-12-16-25(17-13-23)37(34,35)32-24-14-10-22(11-15-24)27(33)31-28-30-26(18-36-28)21-8-6-20(7-9-21)19-4-2-1-3-5-19/h1-18,32H,(H,30,31,33). The van der Waals surface area contributed by atoms with Gasteiger partial charge in [-0.3, -0.25) is 14.8 Å². The number of thiazole rings is 1. The number of aromatic nitrogens is 1. The van der Waals surface area contributed by atoms with Crippen LogP contribution in [0.3, 0.4) is 0 Å². The van der Waals surface area contributed by atoms with Gasteiger partial charge in [-0.2, -0.15) is 0 Å². The maximum Gasteiger partial charge on any atom is 0.261 e. The van der Waals surface area contributed by atoms with E-state index in [9.17, 15) is 17.6 Å². The first-order valence-corrected chi connectivity index (χ1v) is 13.5. The zero-order chi connectivity index (χ0) is 25.8. The maximum atomic E-state index is 13.1. The number of hydrogen-bond acceptors (Lipinski definition) is 5. The molecule has 0 radical (unpaired) electrons. The summed E-state index contributed by atoms with van der Waals surface area (Å²) in [6, 6.07) is 28.6. The highest BCUT2D eigenvalue weighted by molar-refractivity contribution is 7.92. The molecule has 5 aromatic rings. The number of carbonyl (C=O) groups is 1. The van der Waals surface area contributed by atoms with Crippen molar-refractivity contribution < 1.29 is 17.6 Å². The Morgan fingerprint density at radius 3 is 2.05 bits per heavy atom. The number of amides is 1. The van der Waals surface area contributed by atoms with Crippen LogP contribution in [0.25, 0.3) is 22.4 Å². The minimum absolute atomic E-state index is 0.0648. The maximum absolute atomic E-state index is 13.1. The molecule has 0 saturated heterocycles. The third kappa shape index (κ3) is 5.74. The molecule has 0 aliphatic rings. The van der Waals surface area contributed by atoms with Crippen molar-refractivity contribution in [2.75, 3.05) is 10.0 Å². The molecular weight excluding hydrogens is 509 g/mol. The van der Waals surface area contributed by atoms with E-state index in [2.05, 4.69) is 27.2 Å². The second-order valence-corrected chi connectivity index (χ2v) is 10.6. The van der Waals surface area contributed by atoms with E-state index < -0.39 is 15.8 Å². The van der Waals surface area contributed by atoms with Gasteiger partial charge < -0.3 is 0 Å². The molecule has 37 heavy (non-hydrogen) atoms. The second-order valence-electron chi connectivity index (χ2n) is 8.07. The van der Waals surface area contributed by atoms with E-state index in [4.69, 9.17) is 0 Å². The van der Waals surface area contributed by atoms with E-state index in [1.54, 1.807) is 0 Å². The molecule has 184 valence electrons. The number of rotatable bonds is 7. The van der Waals surface area contributed by atoms with Gasteiger partial charge in [-0.25, -0.2) is 17.8 Å². The van der Waals surface area contributed by atoms with Crippen molar-refractivity contribution in [1.82, 2.24) is 4.98 Å². The van der Waals surface area contributed by atoms with Gasteiger partial charge >= 0.3 is 0 Å². The van der Waals surface area contributed by atoms with Crippen LogP contribution in [0.1, 0.15) is 10.4 Å². The molecule has 0 unspecified atom stereocenters. The van der Waals surface area contributed by atoms with Crippen molar-refractivity contribution in [1.29, 1.82) is 0 Å². The smallest absolute Gasteiger partial charge is 0.261 e. The topological polar surface area (TPSA) is 88.2 Å². The summed E-state index contributed by atoms with van der Waals surface area (Å²) in [4.78, 5) is 17.2. The van der Waals surface area contributed by atoms with Gasteiger partial charge in [-0.05, 0) is 59.7 Å². The Balaban J connectivity index is 1.23. The van der Waals surface area contributed by atoms with Crippen LogP contribution in [0.2, 0.25) is 0 Å². The SMILES string of the molecule is O=C(Nc1nc(-c2ccc(-c3ccccc3)cc2)cs1)c1ccc(NS(=O)(=O)c2ccc(F)cc2)cc1. The Labute approximate surface area is 217 Å². The Kier molecular flexibility index (Phi) is 6.80. The third-order valence-electron chi connectivity index (χ3n) is 5.54. The molecule has 0 atom stereocenters. The normalized spacial score (nSPS) is 11.2. The fraction of sp³-hybridized carbons (Fsp3) is 0. The van der Waals surface area contributed by atoms with Crippen LogP contribution in [0.15, 0.2) is 113 Å². The molecule has 9 heteroatoms. The van der Waals surface area contributed by atoms with Crippen LogP contribution in [-0.2, 0) is 10.0 Å². The van der Waals surface area contributed by atoms with Crippen LogP contribution in [-0.4, -0.2) is 19.3 Å². The van der Waals surface area contributed by atoms with Gasteiger partial charge in [-0.1, -0.05) is 54.6 Å². The Hall–Kier alpha value is -4.34. The Morgan fingerprint density at radius 2 is 1.38 bits per heavy atom. The fourth-order valence-electron chi connectivity index (χ4n) is 3.61. The molecule has 0 fully saturated rings. The van der Waals surface area contributed by atoms with Gasteiger partial charge in [0, 0.05) is 22.2 Å². The summed E-state index contributed by atoms with van der Waals surface area (Å²) in [5, 5.41) is 5.11. The van der Waals surface area contributed by atoms with Crippen molar-refractivity contribution in [3.8, 4) is 22.4 Å². The van der Waals surface area contributed by atoms with E-state index in [1.165, 1.54) is 47.7 Å². The quantitative estimate of drug-likeness (QED) is 0.247. The lowest BCUT2D eigenvalue weighted by molar-refractivity contribution is 0.102. The van der Waals surface area contributed by atoms with Crippen LogP contribution in [0.5, 0.6) is 0 Å². The van der Waals surface area contributed by atoms with E-state index in [1.807, 2.05) is 47.8 Å². The van der Waals surface area contributed by atoms with Crippen molar-refractivity contribution in [3.63, 3.8) is 0 Å². The van der Waals surface area contributed by atoms with E-state index in [-0.39, 0.29) is 16.5 Å². The number of carbonyl (C=O) groups excluding carboxylic acids is 1. The van der Waals surface area contributed by atoms with Crippen molar-refractivity contribution >= 4 is 38.1 Å². The average molecular weight is 530 g/mol. The van der Waals surface area contributed by atoms with Gasteiger partial charge in [0.1, 0.15) is 5.82 Å². The van der Waals surface area contributed by atoms with Crippen molar-refractivity contribution in [2.24, 2.45) is 0 Å². The van der Waals surface area contributed by atoms with E-state index in [0.29, 0.717) is 10.7 Å². The summed E-state index contributed by atoms with van der Waals surface area (Å²) in [7, 11) is -3.88. The molecule has 1 amide bonds. The fourth-order valence-corrected chi connectivity index (χ4v) is 5.39. The number of nitrogens with one attached hydrogen (secondary N) is 2. The number of hydrogen-bond donors (Lipinski definition) is 2. The number of anilines is 2. The number of sulfonamides is 1. The summed E-state index contributed by atoms with van der Waals surface area (Å²) >= 11 is 1.32. The monoisotopic (exact) mass is 529 g/mol. The number of nitrogens with zero attached hydrogens (tertiary/aromatic N) is 1. The summed E-state index contributed by atoms with van der Waals surface area (Å²) in [6.45, 7) is 0. The Morgan fingerprint density at radius 1 is 0.757 bits per heavy atom. The molecule has 2 N–H and O–H groups in total. The van der Waals surface area contributed by atoms with E-state index >= 15 is 0 Å². The van der Waals surface area contributed by atoms with Crippen molar-refractivity contribution in [2.45, 2.75) is 4.90 Å². The minimum Gasteiger partial charge on any atom is -0.298 e. The Bertz CT molecular complexity index is 1630. The molecular formula is C28H20FN3O3S2. The average Bonchev–Trinajstić information content (AvgIpc) is 3.38. The number of halogens is 1. The highest BCUT2D eigenvalue weighted by atomic mass is 32.2. The first-order chi connectivity index (χ1) is 17.9. The summed E-state index contributed by atoms with van der Waals surface area (Å²) < 4.78 is 40.4. The molecule has 1 aromatic heterocycles. The predicted octanol–water partition coefficient (Wildman–Crippen LogP) is 6.67. The second kappa shape index (κ2) is 10.3. The largest absolute Gasteiger partial charge is 0.298 e. The van der Waals surface area contributed by atoms with Gasteiger partial charge in [0.15, 0.2) is 5.13 Å². The van der Waals surface area contributed by atoms with Gasteiger partial charge in [0.25, 0.3) is 15.9 Å². The summed E-state index contributed by atoms with van der Waals surface area (Å²) in [5.74, 6) is -0.893. The lowest BCUT2D eigenvalue weighted by Crippen LogP contribution is -2.14. The zero-order valence-electron chi connectivity index (χ0n) is 19.3. The molecule has 0 saturated carbocycles. The van der Waals surface area contributed by atoms with Crippen LogP contribution >= 0.6 is 11.3 Å². The number of benzene rings is 4. The van der Waals surface area contributed by atoms with Crippen LogP contribution < -0.4 is 10.0 Å². The molecule has 5 rings (SSSR count). The van der Waals surface area contributed by atoms with E-state index in [0.717, 1.165) is 34.5 Å². The highest BCUT2D eigenvalue weighted by Gasteiger charge is 2.15. The zero-order valence-corrected chi connectivity index (χ0v) is 20.9.